The van der Waals surface area contributed by atoms with Gasteiger partial charge in [0.1, 0.15) is 5.69 Å². The van der Waals surface area contributed by atoms with Crippen LogP contribution in [0.5, 0.6) is 0 Å². The van der Waals surface area contributed by atoms with Crippen LogP contribution in [-0.4, -0.2) is 40.9 Å². The van der Waals surface area contributed by atoms with E-state index in [1.807, 2.05) is 33.9 Å². The summed E-state index contributed by atoms with van der Waals surface area (Å²) in [7, 11) is 1.72. The monoisotopic (exact) mass is 271 g/mol. The summed E-state index contributed by atoms with van der Waals surface area (Å²) >= 11 is 0. The second kappa shape index (κ2) is 7.57. The number of rotatable bonds is 9. The standard InChI is InChI=1S/C13H25N3O3/c1-6-18-12(19-7-2)11-10-16(15-14-11)9-8-13(3,4)17-5/h10,12H,6-9H2,1-5H3. The molecule has 110 valence electrons. The van der Waals surface area contributed by atoms with Crippen LogP contribution < -0.4 is 0 Å². The summed E-state index contributed by atoms with van der Waals surface area (Å²) in [4.78, 5) is 0. The molecule has 0 fully saturated rings. The van der Waals surface area contributed by atoms with E-state index in [2.05, 4.69) is 10.3 Å². The number of aryl methyl sites for hydroxylation is 1. The minimum Gasteiger partial charge on any atom is -0.379 e. The highest BCUT2D eigenvalue weighted by Crippen LogP contribution is 2.17. The van der Waals surface area contributed by atoms with E-state index in [0.717, 1.165) is 13.0 Å². The van der Waals surface area contributed by atoms with Crippen LogP contribution in [0.4, 0.5) is 0 Å². The Bertz CT molecular complexity index is 360. The first-order chi connectivity index (χ1) is 9.02. The maximum Gasteiger partial charge on any atom is 0.204 e. The third-order valence-electron chi connectivity index (χ3n) is 2.93. The molecular weight excluding hydrogens is 246 g/mol. The van der Waals surface area contributed by atoms with Gasteiger partial charge in [-0.15, -0.1) is 5.10 Å². The quantitative estimate of drug-likeness (QED) is 0.644. The number of hydrogen-bond acceptors (Lipinski definition) is 5. The third-order valence-corrected chi connectivity index (χ3v) is 2.93. The molecule has 0 aromatic carbocycles. The predicted octanol–water partition coefficient (Wildman–Crippen LogP) is 2.16. The zero-order valence-corrected chi connectivity index (χ0v) is 12.5. The van der Waals surface area contributed by atoms with Gasteiger partial charge in [-0.05, 0) is 34.1 Å². The molecule has 0 N–H and O–H groups in total. The SMILES string of the molecule is CCOC(OCC)c1cn(CCC(C)(C)OC)nn1. The molecular formula is C13H25N3O3. The minimum absolute atomic E-state index is 0.161. The van der Waals surface area contributed by atoms with Crippen molar-refractivity contribution < 1.29 is 14.2 Å². The fraction of sp³-hybridized carbons (Fsp3) is 0.846. The number of ether oxygens (including phenoxy) is 3. The van der Waals surface area contributed by atoms with E-state index in [1.165, 1.54) is 0 Å². The van der Waals surface area contributed by atoms with Gasteiger partial charge in [0.15, 0.2) is 0 Å². The highest BCUT2D eigenvalue weighted by atomic mass is 16.7. The van der Waals surface area contributed by atoms with Crippen molar-refractivity contribution in [2.75, 3.05) is 20.3 Å². The first-order valence-corrected chi connectivity index (χ1v) is 6.70. The van der Waals surface area contributed by atoms with Gasteiger partial charge in [0.25, 0.3) is 0 Å². The first kappa shape index (κ1) is 16.1. The fourth-order valence-electron chi connectivity index (χ4n) is 1.54. The van der Waals surface area contributed by atoms with Crippen LogP contribution in [0.1, 0.15) is 46.1 Å². The molecule has 0 bridgehead atoms. The molecule has 0 amide bonds. The largest absolute Gasteiger partial charge is 0.379 e. The minimum atomic E-state index is -0.431. The lowest BCUT2D eigenvalue weighted by molar-refractivity contribution is -0.142. The number of nitrogens with zero attached hydrogens (tertiary/aromatic N) is 3. The summed E-state index contributed by atoms with van der Waals surface area (Å²) in [6, 6.07) is 0. The van der Waals surface area contributed by atoms with Crippen LogP contribution >= 0.6 is 0 Å². The van der Waals surface area contributed by atoms with Crippen LogP contribution in [0.25, 0.3) is 0 Å². The van der Waals surface area contributed by atoms with E-state index in [4.69, 9.17) is 14.2 Å². The zero-order chi connectivity index (χ0) is 14.3. The Labute approximate surface area is 115 Å². The molecule has 1 aromatic heterocycles. The van der Waals surface area contributed by atoms with Gasteiger partial charge in [0.05, 0.1) is 11.8 Å². The molecule has 0 aliphatic carbocycles. The summed E-state index contributed by atoms with van der Waals surface area (Å²) in [5.74, 6) is 0. The molecule has 6 nitrogen and oxygen atoms in total. The molecule has 0 spiro atoms. The topological polar surface area (TPSA) is 58.4 Å². The van der Waals surface area contributed by atoms with Gasteiger partial charge in [-0.25, -0.2) is 0 Å². The summed E-state index contributed by atoms with van der Waals surface area (Å²) in [6.45, 7) is 9.86. The Balaban J connectivity index is 2.59. The molecule has 19 heavy (non-hydrogen) atoms. The van der Waals surface area contributed by atoms with Crippen LogP contribution in [-0.2, 0) is 20.8 Å². The summed E-state index contributed by atoms with van der Waals surface area (Å²) in [6.07, 6.45) is 2.29. The second-order valence-electron chi connectivity index (χ2n) is 4.86. The summed E-state index contributed by atoms with van der Waals surface area (Å²) < 4.78 is 18.1. The van der Waals surface area contributed by atoms with Crippen molar-refractivity contribution in [2.45, 2.75) is 52.6 Å². The van der Waals surface area contributed by atoms with Crippen molar-refractivity contribution in [3.8, 4) is 0 Å². The first-order valence-electron chi connectivity index (χ1n) is 6.70. The van der Waals surface area contributed by atoms with Crippen LogP contribution in [0.3, 0.4) is 0 Å². The average molecular weight is 271 g/mol. The van der Waals surface area contributed by atoms with Crippen LogP contribution in [0.2, 0.25) is 0 Å². The van der Waals surface area contributed by atoms with E-state index >= 15 is 0 Å². The molecule has 0 aliphatic heterocycles. The lowest BCUT2D eigenvalue weighted by Crippen LogP contribution is -2.24. The average Bonchev–Trinajstić information content (AvgIpc) is 2.85. The summed E-state index contributed by atoms with van der Waals surface area (Å²) in [5.41, 5.74) is 0.546. The molecule has 1 aromatic rings. The van der Waals surface area contributed by atoms with E-state index in [0.29, 0.717) is 18.9 Å². The molecule has 1 rings (SSSR count). The van der Waals surface area contributed by atoms with Gasteiger partial charge in [-0.2, -0.15) is 0 Å². The molecule has 0 unspecified atom stereocenters. The van der Waals surface area contributed by atoms with Crippen molar-refractivity contribution in [3.63, 3.8) is 0 Å². The Hall–Kier alpha value is -0.980. The Morgan fingerprint density at radius 1 is 1.26 bits per heavy atom. The zero-order valence-electron chi connectivity index (χ0n) is 12.5. The van der Waals surface area contributed by atoms with Gasteiger partial charge >= 0.3 is 0 Å². The lowest BCUT2D eigenvalue weighted by atomic mass is 10.1. The Morgan fingerprint density at radius 2 is 1.89 bits per heavy atom. The van der Waals surface area contributed by atoms with E-state index < -0.39 is 6.29 Å². The normalized spacial score (nSPS) is 12.3. The molecule has 0 saturated heterocycles. The van der Waals surface area contributed by atoms with E-state index in [9.17, 15) is 0 Å². The fourth-order valence-corrected chi connectivity index (χ4v) is 1.54. The van der Waals surface area contributed by atoms with Gasteiger partial charge in [0, 0.05) is 26.9 Å². The van der Waals surface area contributed by atoms with Crippen molar-refractivity contribution in [2.24, 2.45) is 0 Å². The molecule has 0 radical (unpaired) electrons. The highest BCUT2D eigenvalue weighted by Gasteiger charge is 2.18. The second-order valence-corrected chi connectivity index (χ2v) is 4.86. The smallest absolute Gasteiger partial charge is 0.204 e. The molecule has 0 aliphatic rings. The maximum absolute atomic E-state index is 5.49. The van der Waals surface area contributed by atoms with Gasteiger partial charge in [-0.3, -0.25) is 4.68 Å². The lowest BCUT2D eigenvalue weighted by Gasteiger charge is -2.22. The number of methoxy groups -OCH3 is 1. The van der Waals surface area contributed by atoms with Crippen LogP contribution in [0.15, 0.2) is 6.20 Å². The van der Waals surface area contributed by atoms with Crippen LogP contribution in [0, 0.1) is 0 Å². The van der Waals surface area contributed by atoms with Crippen molar-refractivity contribution in [1.82, 2.24) is 15.0 Å². The number of aromatic nitrogens is 3. The molecule has 6 heteroatoms. The van der Waals surface area contributed by atoms with Crippen molar-refractivity contribution in [1.29, 1.82) is 0 Å². The number of hydrogen-bond donors (Lipinski definition) is 0. The van der Waals surface area contributed by atoms with Gasteiger partial charge in [-0.1, -0.05) is 5.21 Å². The van der Waals surface area contributed by atoms with Crippen molar-refractivity contribution >= 4 is 0 Å². The highest BCUT2D eigenvalue weighted by molar-refractivity contribution is 4.94. The molecule has 0 saturated carbocycles. The van der Waals surface area contributed by atoms with Gasteiger partial charge < -0.3 is 14.2 Å². The summed E-state index contributed by atoms with van der Waals surface area (Å²) in [5, 5.41) is 8.19. The van der Waals surface area contributed by atoms with Crippen molar-refractivity contribution in [3.05, 3.63) is 11.9 Å². The predicted molar refractivity (Wildman–Crippen MR) is 71.7 cm³/mol. The molecule has 0 atom stereocenters. The third kappa shape index (κ3) is 5.26. The maximum atomic E-state index is 5.49. The Morgan fingerprint density at radius 3 is 2.42 bits per heavy atom. The van der Waals surface area contributed by atoms with E-state index in [1.54, 1.807) is 11.8 Å². The van der Waals surface area contributed by atoms with Gasteiger partial charge in [0.2, 0.25) is 6.29 Å². The van der Waals surface area contributed by atoms with E-state index in [-0.39, 0.29) is 5.60 Å². The molecule has 1 heterocycles. The Kier molecular flexibility index (Phi) is 6.41.